The van der Waals surface area contributed by atoms with Gasteiger partial charge in [-0.25, -0.2) is 13.1 Å². The summed E-state index contributed by atoms with van der Waals surface area (Å²) >= 11 is 0. The molecule has 1 aliphatic heterocycles. The molecule has 2 N–H and O–H groups in total. The molecule has 10 heteroatoms. The minimum Gasteiger partial charge on any atom is -0.497 e. The molecule has 2 heterocycles. The first-order chi connectivity index (χ1) is 15.9. The van der Waals surface area contributed by atoms with Crippen molar-refractivity contribution in [3.05, 3.63) is 71.4 Å². The lowest BCUT2D eigenvalue weighted by atomic mass is 10.1. The Morgan fingerprint density at radius 2 is 1.76 bits per heavy atom. The van der Waals surface area contributed by atoms with Crippen LogP contribution >= 0.6 is 0 Å². The molecule has 0 saturated heterocycles. The summed E-state index contributed by atoms with van der Waals surface area (Å²) in [5.41, 5.74) is 2.51. The maximum absolute atomic E-state index is 12.6. The molecule has 9 nitrogen and oxygen atoms in total. The Morgan fingerprint density at radius 3 is 2.45 bits per heavy atom. The molecule has 0 radical (unpaired) electrons. The fraction of sp³-hybridized carbons (Fsp3) is 0.261. The Kier molecular flexibility index (Phi) is 6.45. The number of sulfone groups is 1. The third kappa shape index (κ3) is 5.23. The van der Waals surface area contributed by atoms with E-state index in [9.17, 15) is 18.0 Å². The minimum absolute atomic E-state index is 0.181. The van der Waals surface area contributed by atoms with E-state index in [1.54, 1.807) is 31.4 Å². The number of nitrogens with one attached hydrogen (secondary N) is 2. The van der Waals surface area contributed by atoms with E-state index in [0.717, 1.165) is 12.0 Å². The van der Waals surface area contributed by atoms with Crippen molar-refractivity contribution in [2.75, 3.05) is 19.0 Å². The first-order valence-corrected chi connectivity index (χ1v) is 12.3. The number of amides is 2. The van der Waals surface area contributed by atoms with E-state index in [0.29, 0.717) is 35.7 Å². The molecule has 4 rings (SSSR count). The smallest absolute Gasteiger partial charge is 0.314 e. The van der Waals surface area contributed by atoms with Crippen LogP contribution in [-0.4, -0.2) is 43.7 Å². The van der Waals surface area contributed by atoms with Gasteiger partial charge in [0.2, 0.25) is 0 Å². The number of ether oxygens (including phenoxy) is 1. The quantitative estimate of drug-likeness (QED) is 0.404. The molecular weight excluding hydrogens is 444 g/mol. The second-order valence-corrected chi connectivity index (χ2v) is 9.78. The number of carbonyl (C=O) groups excluding carboxylic acids is 2. The van der Waals surface area contributed by atoms with Gasteiger partial charge in [0.15, 0.2) is 9.84 Å². The summed E-state index contributed by atoms with van der Waals surface area (Å²) in [5.74, 6) is -1.30. The number of fused-ring (bicyclic) bond motifs is 1. The molecule has 172 valence electrons. The first-order valence-electron chi connectivity index (χ1n) is 10.4. The van der Waals surface area contributed by atoms with Gasteiger partial charge in [0.1, 0.15) is 11.6 Å². The maximum Gasteiger partial charge on any atom is 0.314 e. The summed E-state index contributed by atoms with van der Waals surface area (Å²) < 4.78 is 30.8. The molecule has 0 aliphatic carbocycles. The van der Waals surface area contributed by atoms with E-state index in [-0.39, 0.29) is 17.3 Å². The molecular formula is C23H24N4O5S. The summed E-state index contributed by atoms with van der Waals surface area (Å²) in [4.78, 5) is 24.9. The van der Waals surface area contributed by atoms with Gasteiger partial charge >= 0.3 is 11.8 Å². The van der Waals surface area contributed by atoms with Gasteiger partial charge < -0.3 is 15.4 Å². The summed E-state index contributed by atoms with van der Waals surface area (Å²) in [5, 5.41) is 9.56. The van der Waals surface area contributed by atoms with E-state index in [4.69, 9.17) is 4.74 Å². The number of benzene rings is 2. The van der Waals surface area contributed by atoms with Crippen LogP contribution in [-0.2, 0) is 37.4 Å². The number of aromatic nitrogens is 2. The molecule has 1 aromatic heterocycles. The number of carbonyl (C=O) groups is 2. The van der Waals surface area contributed by atoms with Crippen molar-refractivity contribution in [3.63, 3.8) is 0 Å². The molecule has 3 aromatic rings. The third-order valence-electron chi connectivity index (χ3n) is 5.31. The van der Waals surface area contributed by atoms with Gasteiger partial charge in [0.05, 0.1) is 30.0 Å². The second-order valence-electron chi connectivity index (χ2n) is 7.72. The van der Waals surface area contributed by atoms with Gasteiger partial charge in [0, 0.05) is 12.1 Å². The summed E-state index contributed by atoms with van der Waals surface area (Å²) in [6, 6.07) is 16.8. The van der Waals surface area contributed by atoms with Crippen LogP contribution < -0.4 is 15.4 Å². The van der Waals surface area contributed by atoms with E-state index in [2.05, 4.69) is 15.7 Å². The van der Waals surface area contributed by atoms with Gasteiger partial charge in [-0.05, 0) is 42.7 Å². The molecule has 0 fully saturated rings. The third-order valence-corrected chi connectivity index (χ3v) is 6.76. The highest BCUT2D eigenvalue weighted by Crippen LogP contribution is 2.33. The van der Waals surface area contributed by atoms with Crippen molar-refractivity contribution in [1.29, 1.82) is 0 Å². The second kappa shape index (κ2) is 9.45. The fourth-order valence-corrected chi connectivity index (χ4v) is 5.16. The van der Waals surface area contributed by atoms with Crippen molar-refractivity contribution in [2.24, 2.45) is 0 Å². The standard InChI is InChI=1S/C23H24N4O5S/c1-32-18-11-9-17(10-12-18)27-21(19-14-33(30,31)15-20(19)26-27)25-23(29)22(28)24-13-5-8-16-6-3-2-4-7-16/h2-4,6-7,9-12H,5,8,13-15H2,1H3,(H,24,28)(H,25,29). The Labute approximate surface area is 191 Å². The predicted octanol–water partition coefficient (Wildman–Crippen LogP) is 2.00. The Balaban J connectivity index is 1.46. The zero-order valence-corrected chi connectivity index (χ0v) is 18.9. The van der Waals surface area contributed by atoms with Crippen LogP contribution in [0.15, 0.2) is 54.6 Å². The van der Waals surface area contributed by atoms with Crippen LogP contribution in [0.2, 0.25) is 0 Å². The lowest BCUT2D eigenvalue weighted by molar-refractivity contribution is -0.136. The number of rotatable bonds is 7. The summed E-state index contributed by atoms with van der Waals surface area (Å²) in [6.45, 7) is 0.339. The van der Waals surface area contributed by atoms with Crippen LogP contribution in [0.3, 0.4) is 0 Å². The molecule has 0 spiro atoms. The van der Waals surface area contributed by atoms with E-state index < -0.39 is 21.7 Å². The van der Waals surface area contributed by atoms with E-state index >= 15 is 0 Å². The number of hydrogen-bond donors (Lipinski definition) is 2. The van der Waals surface area contributed by atoms with Crippen molar-refractivity contribution in [2.45, 2.75) is 24.3 Å². The summed E-state index contributed by atoms with van der Waals surface area (Å²) in [7, 11) is -1.79. The van der Waals surface area contributed by atoms with Gasteiger partial charge in [-0.2, -0.15) is 5.10 Å². The van der Waals surface area contributed by atoms with E-state index in [1.807, 2.05) is 30.3 Å². The highest BCUT2D eigenvalue weighted by atomic mass is 32.2. The lowest BCUT2D eigenvalue weighted by Crippen LogP contribution is -2.36. The molecule has 0 saturated carbocycles. The van der Waals surface area contributed by atoms with Crippen molar-refractivity contribution < 1.29 is 22.7 Å². The Bertz CT molecular complexity index is 1270. The predicted molar refractivity (Wildman–Crippen MR) is 123 cm³/mol. The highest BCUT2D eigenvalue weighted by molar-refractivity contribution is 7.90. The van der Waals surface area contributed by atoms with Crippen molar-refractivity contribution in [1.82, 2.24) is 15.1 Å². The first kappa shape index (κ1) is 22.5. The largest absolute Gasteiger partial charge is 0.497 e. The maximum atomic E-state index is 12.6. The average molecular weight is 469 g/mol. The average Bonchev–Trinajstić information content (AvgIpc) is 3.29. The van der Waals surface area contributed by atoms with E-state index in [1.165, 1.54) is 4.68 Å². The van der Waals surface area contributed by atoms with Gasteiger partial charge in [-0.15, -0.1) is 0 Å². The van der Waals surface area contributed by atoms with Crippen LogP contribution in [0, 0.1) is 0 Å². The van der Waals surface area contributed by atoms with Gasteiger partial charge in [-0.3, -0.25) is 9.59 Å². The molecule has 2 aromatic carbocycles. The van der Waals surface area contributed by atoms with Crippen LogP contribution in [0.5, 0.6) is 5.75 Å². The minimum atomic E-state index is -3.34. The Morgan fingerprint density at radius 1 is 1.03 bits per heavy atom. The Hall–Kier alpha value is -3.66. The van der Waals surface area contributed by atoms with Crippen LogP contribution in [0.4, 0.5) is 5.82 Å². The van der Waals surface area contributed by atoms with Crippen molar-refractivity contribution in [3.8, 4) is 11.4 Å². The zero-order chi connectivity index (χ0) is 23.4. The molecule has 1 aliphatic rings. The number of aryl methyl sites for hydroxylation is 1. The zero-order valence-electron chi connectivity index (χ0n) is 18.1. The molecule has 2 amide bonds. The molecule has 0 bridgehead atoms. The fourth-order valence-electron chi connectivity index (χ4n) is 3.66. The number of methoxy groups -OCH3 is 1. The number of anilines is 1. The molecule has 0 unspecified atom stereocenters. The van der Waals surface area contributed by atoms with Gasteiger partial charge in [-0.1, -0.05) is 30.3 Å². The number of hydrogen-bond acceptors (Lipinski definition) is 6. The van der Waals surface area contributed by atoms with Crippen LogP contribution in [0.1, 0.15) is 23.2 Å². The number of nitrogens with zero attached hydrogens (tertiary/aromatic N) is 2. The molecule has 33 heavy (non-hydrogen) atoms. The molecule has 0 atom stereocenters. The lowest BCUT2D eigenvalue weighted by Gasteiger charge is -2.12. The normalized spacial score (nSPS) is 13.8. The SMILES string of the molecule is COc1ccc(-n2nc3c(c2NC(=O)C(=O)NCCCc2ccccc2)CS(=O)(=O)C3)cc1. The highest BCUT2D eigenvalue weighted by Gasteiger charge is 2.33. The van der Waals surface area contributed by atoms with Crippen LogP contribution in [0.25, 0.3) is 5.69 Å². The topological polar surface area (TPSA) is 119 Å². The summed E-state index contributed by atoms with van der Waals surface area (Å²) in [6.07, 6.45) is 1.46. The monoisotopic (exact) mass is 468 g/mol. The van der Waals surface area contributed by atoms with Crippen molar-refractivity contribution >= 4 is 27.5 Å². The van der Waals surface area contributed by atoms with Gasteiger partial charge in [0.25, 0.3) is 0 Å².